The van der Waals surface area contributed by atoms with Crippen molar-refractivity contribution in [3.8, 4) is 0 Å². The molecule has 0 aromatic heterocycles. The van der Waals surface area contributed by atoms with Crippen LogP contribution in [0, 0.1) is 0 Å². The van der Waals surface area contributed by atoms with E-state index in [1.165, 1.54) is 24.5 Å². The summed E-state index contributed by atoms with van der Waals surface area (Å²) in [6.45, 7) is 8.78. The zero-order valence-corrected chi connectivity index (χ0v) is 8.65. The smallest absolute Gasteiger partial charge is 0.274 e. The quantitative estimate of drug-likeness (QED) is 0.422. The molecule has 13 heavy (non-hydrogen) atoms. The number of likely N-dealkylation sites (N-methyl/N-ethyl adjacent to an activating group) is 2. The van der Waals surface area contributed by atoms with Crippen molar-refractivity contribution >= 4 is 5.91 Å². The van der Waals surface area contributed by atoms with Crippen LogP contribution in [0.4, 0.5) is 0 Å². The van der Waals surface area contributed by atoms with Crippen molar-refractivity contribution in [1.29, 1.82) is 0 Å². The van der Waals surface area contributed by atoms with E-state index in [1.807, 2.05) is 0 Å². The topological polar surface area (TPSA) is 38.0 Å². The van der Waals surface area contributed by atoms with E-state index in [4.69, 9.17) is 0 Å². The summed E-state index contributed by atoms with van der Waals surface area (Å²) in [7, 11) is 1.70. The van der Waals surface area contributed by atoms with Crippen LogP contribution >= 0.6 is 0 Å². The van der Waals surface area contributed by atoms with Gasteiger partial charge < -0.3 is 15.1 Å². The minimum atomic E-state index is 0.162. The van der Waals surface area contributed by atoms with Crippen LogP contribution < -0.4 is 15.1 Å². The van der Waals surface area contributed by atoms with E-state index in [0.29, 0.717) is 6.54 Å². The molecule has 0 bridgehead atoms. The molecule has 0 aliphatic carbocycles. The zero-order chi connectivity index (χ0) is 9.68. The Bertz CT molecular complexity index is 164. The monoisotopic (exact) mass is 187 g/mol. The van der Waals surface area contributed by atoms with Gasteiger partial charge in [-0.05, 0) is 6.92 Å². The van der Waals surface area contributed by atoms with Crippen LogP contribution in [-0.4, -0.2) is 52.2 Å². The Balaban J connectivity index is 2.21. The van der Waals surface area contributed by atoms with Gasteiger partial charge in [-0.1, -0.05) is 0 Å². The van der Waals surface area contributed by atoms with E-state index in [0.717, 1.165) is 13.1 Å². The second kappa shape index (κ2) is 5.19. The molecule has 0 saturated carbocycles. The number of carbonyl (C=O) groups is 1. The Morgan fingerprint density at radius 2 is 1.77 bits per heavy atom. The average molecular weight is 187 g/mol. The molecule has 1 aliphatic heterocycles. The van der Waals surface area contributed by atoms with Crippen LogP contribution in [0.15, 0.2) is 0 Å². The second-order valence-electron chi connectivity index (χ2n) is 3.70. The van der Waals surface area contributed by atoms with Crippen LogP contribution in [0.3, 0.4) is 0 Å². The van der Waals surface area contributed by atoms with Gasteiger partial charge in [0.25, 0.3) is 5.91 Å². The van der Waals surface area contributed by atoms with Crippen molar-refractivity contribution in [3.05, 3.63) is 0 Å². The van der Waals surface area contributed by atoms with E-state index in [9.17, 15) is 4.79 Å². The van der Waals surface area contributed by atoms with Crippen LogP contribution in [-0.2, 0) is 4.79 Å². The molecule has 1 saturated heterocycles. The SMILES string of the molecule is CC[NH+]1CC[NH+](CC(=O)NC)CC1. The van der Waals surface area contributed by atoms with Gasteiger partial charge in [0.2, 0.25) is 0 Å². The molecular formula is C9H21N3O+2. The van der Waals surface area contributed by atoms with Gasteiger partial charge in [-0.2, -0.15) is 0 Å². The van der Waals surface area contributed by atoms with Crippen LogP contribution in [0.25, 0.3) is 0 Å². The highest BCUT2D eigenvalue weighted by Gasteiger charge is 2.22. The molecule has 0 aromatic carbocycles. The number of piperazine rings is 1. The summed E-state index contributed by atoms with van der Waals surface area (Å²) >= 11 is 0. The van der Waals surface area contributed by atoms with Crippen molar-refractivity contribution in [2.45, 2.75) is 6.92 Å². The highest BCUT2D eigenvalue weighted by atomic mass is 16.1. The maximum atomic E-state index is 11.1. The third kappa shape index (κ3) is 3.32. The standard InChI is InChI=1S/C9H19N3O/c1-3-11-4-6-12(7-5-11)8-9(13)10-2/h3-8H2,1-2H3,(H,10,13)/p+2. The molecule has 0 radical (unpaired) electrons. The number of rotatable bonds is 3. The summed E-state index contributed by atoms with van der Waals surface area (Å²) in [4.78, 5) is 14.2. The molecule has 4 heteroatoms. The molecule has 1 rings (SSSR count). The summed E-state index contributed by atoms with van der Waals surface area (Å²) in [5.41, 5.74) is 0. The molecule has 1 amide bonds. The van der Waals surface area contributed by atoms with Gasteiger partial charge >= 0.3 is 0 Å². The number of quaternary nitrogens is 2. The number of amides is 1. The molecule has 3 N–H and O–H groups in total. The Kier molecular flexibility index (Phi) is 4.18. The lowest BCUT2D eigenvalue weighted by atomic mass is 10.3. The summed E-state index contributed by atoms with van der Waals surface area (Å²) in [5, 5.41) is 2.67. The van der Waals surface area contributed by atoms with Crippen molar-refractivity contribution in [1.82, 2.24) is 5.32 Å². The van der Waals surface area contributed by atoms with Crippen LogP contribution in [0.5, 0.6) is 0 Å². The fraction of sp³-hybridized carbons (Fsp3) is 0.889. The molecule has 1 heterocycles. The summed E-state index contributed by atoms with van der Waals surface area (Å²) in [6.07, 6.45) is 0. The molecule has 76 valence electrons. The predicted octanol–water partition coefficient (Wildman–Crippen LogP) is -3.46. The minimum absolute atomic E-state index is 0.162. The molecule has 0 atom stereocenters. The first kappa shape index (κ1) is 10.5. The molecule has 4 nitrogen and oxygen atoms in total. The van der Waals surface area contributed by atoms with Gasteiger partial charge in [0, 0.05) is 7.05 Å². The van der Waals surface area contributed by atoms with E-state index in [-0.39, 0.29) is 5.91 Å². The zero-order valence-electron chi connectivity index (χ0n) is 8.65. The lowest BCUT2D eigenvalue weighted by Crippen LogP contribution is -3.28. The fourth-order valence-electron chi connectivity index (χ4n) is 1.80. The largest absolute Gasteiger partial charge is 0.354 e. The summed E-state index contributed by atoms with van der Waals surface area (Å²) in [6, 6.07) is 0. The van der Waals surface area contributed by atoms with Crippen LogP contribution in [0.2, 0.25) is 0 Å². The third-order valence-electron chi connectivity index (χ3n) is 2.85. The first-order chi connectivity index (χ1) is 6.26. The molecule has 1 aliphatic rings. The highest BCUT2D eigenvalue weighted by molar-refractivity contribution is 5.76. The summed E-state index contributed by atoms with van der Waals surface area (Å²) < 4.78 is 0. The lowest BCUT2D eigenvalue weighted by Gasteiger charge is -2.28. The van der Waals surface area contributed by atoms with Crippen molar-refractivity contribution in [2.75, 3.05) is 46.3 Å². The normalized spacial score (nSPS) is 28.5. The molecule has 1 fully saturated rings. The Morgan fingerprint density at radius 3 is 2.23 bits per heavy atom. The number of hydrogen-bond donors (Lipinski definition) is 3. The first-order valence-electron chi connectivity index (χ1n) is 5.14. The molecule has 0 aromatic rings. The second-order valence-corrected chi connectivity index (χ2v) is 3.70. The Hall–Kier alpha value is -0.610. The highest BCUT2D eigenvalue weighted by Crippen LogP contribution is 1.61. The van der Waals surface area contributed by atoms with Gasteiger partial charge in [-0.15, -0.1) is 0 Å². The fourth-order valence-corrected chi connectivity index (χ4v) is 1.80. The third-order valence-corrected chi connectivity index (χ3v) is 2.85. The summed E-state index contributed by atoms with van der Waals surface area (Å²) in [5.74, 6) is 0.162. The van der Waals surface area contributed by atoms with E-state index >= 15 is 0 Å². The van der Waals surface area contributed by atoms with Gasteiger partial charge in [-0.3, -0.25) is 4.79 Å². The lowest BCUT2D eigenvalue weighted by molar-refractivity contribution is -1.01. The molecule has 0 spiro atoms. The average Bonchev–Trinajstić information content (AvgIpc) is 2.19. The first-order valence-corrected chi connectivity index (χ1v) is 5.14. The number of hydrogen-bond acceptors (Lipinski definition) is 1. The van der Waals surface area contributed by atoms with Crippen LogP contribution in [0.1, 0.15) is 6.92 Å². The number of carbonyl (C=O) groups excluding carboxylic acids is 1. The van der Waals surface area contributed by atoms with E-state index in [1.54, 1.807) is 11.9 Å². The minimum Gasteiger partial charge on any atom is -0.354 e. The van der Waals surface area contributed by atoms with Crippen molar-refractivity contribution < 1.29 is 14.6 Å². The van der Waals surface area contributed by atoms with Crippen molar-refractivity contribution in [2.24, 2.45) is 0 Å². The Morgan fingerprint density at radius 1 is 1.23 bits per heavy atom. The predicted molar refractivity (Wildman–Crippen MR) is 50.9 cm³/mol. The number of nitrogens with one attached hydrogen (secondary N) is 3. The van der Waals surface area contributed by atoms with Gasteiger partial charge in [-0.25, -0.2) is 0 Å². The van der Waals surface area contributed by atoms with E-state index in [2.05, 4.69) is 12.2 Å². The Labute approximate surface area is 79.9 Å². The van der Waals surface area contributed by atoms with Gasteiger partial charge in [0.1, 0.15) is 26.2 Å². The van der Waals surface area contributed by atoms with Crippen molar-refractivity contribution in [3.63, 3.8) is 0 Å². The maximum Gasteiger partial charge on any atom is 0.274 e. The maximum absolute atomic E-state index is 11.1. The molecule has 0 unspecified atom stereocenters. The van der Waals surface area contributed by atoms with Gasteiger partial charge in [0.15, 0.2) is 6.54 Å². The van der Waals surface area contributed by atoms with E-state index < -0.39 is 0 Å². The molecular weight excluding hydrogens is 166 g/mol. The van der Waals surface area contributed by atoms with Gasteiger partial charge in [0.05, 0.1) is 6.54 Å².